The fourth-order valence-corrected chi connectivity index (χ4v) is 3.34. The highest BCUT2D eigenvalue weighted by Gasteiger charge is 2.09. The molecule has 0 spiro atoms. The smallest absolute Gasteiger partial charge is 0.129 e. The summed E-state index contributed by atoms with van der Waals surface area (Å²) >= 11 is 0. The van der Waals surface area contributed by atoms with E-state index in [1.165, 1.54) is 6.21 Å². The van der Waals surface area contributed by atoms with Gasteiger partial charge in [0, 0.05) is 11.1 Å². The molecule has 4 heteroatoms. The van der Waals surface area contributed by atoms with Gasteiger partial charge < -0.3 is 14.7 Å². The molecule has 0 radical (unpaired) electrons. The Morgan fingerprint density at radius 3 is 2.21 bits per heavy atom. The minimum absolute atomic E-state index is 0.369. The maximum atomic E-state index is 9.05. The molecule has 0 aromatic heterocycles. The number of hydrogen-bond acceptors (Lipinski definition) is 4. The normalized spacial score (nSPS) is 11.0. The number of benzene rings is 4. The highest BCUT2D eigenvalue weighted by atomic mass is 16.5. The second-order valence-electron chi connectivity index (χ2n) is 6.50. The molecule has 0 atom stereocenters. The Kier molecular flexibility index (Phi) is 5.72. The average Bonchev–Trinajstić information content (AvgIpc) is 2.79. The van der Waals surface area contributed by atoms with Gasteiger partial charge in [0.1, 0.15) is 24.7 Å². The van der Waals surface area contributed by atoms with Crippen molar-refractivity contribution in [2.45, 2.75) is 0 Å². The van der Waals surface area contributed by atoms with Crippen molar-refractivity contribution in [1.29, 1.82) is 0 Å². The average molecular weight is 383 g/mol. The van der Waals surface area contributed by atoms with Crippen molar-refractivity contribution in [2.75, 3.05) is 13.2 Å². The zero-order valence-corrected chi connectivity index (χ0v) is 15.9. The van der Waals surface area contributed by atoms with Crippen molar-refractivity contribution in [1.82, 2.24) is 0 Å². The van der Waals surface area contributed by atoms with Crippen LogP contribution < -0.4 is 9.47 Å². The van der Waals surface area contributed by atoms with E-state index in [2.05, 4.69) is 17.3 Å². The van der Waals surface area contributed by atoms with E-state index in [1.54, 1.807) is 0 Å². The Bertz CT molecular complexity index is 1120. The molecule has 4 nitrogen and oxygen atoms in total. The molecule has 0 aliphatic rings. The Morgan fingerprint density at radius 2 is 1.38 bits per heavy atom. The summed E-state index contributed by atoms with van der Waals surface area (Å²) in [5.74, 6) is 1.47. The summed E-state index contributed by atoms with van der Waals surface area (Å²) in [4.78, 5) is 0. The molecule has 1 N–H and O–H groups in total. The van der Waals surface area contributed by atoms with Crippen molar-refractivity contribution in [2.24, 2.45) is 5.16 Å². The molecule has 4 aromatic carbocycles. The molecule has 0 aliphatic carbocycles. The van der Waals surface area contributed by atoms with Crippen LogP contribution in [0.3, 0.4) is 0 Å². The van der Waals surface area contributed by atoms with Gasteiger partial charge in [-0.3, -0.25) is 0 Å². The van der Waals surface area contributed by atoms with Gasteiger partial charge in [-0.05, 0) is 28.5 Å². The molecule has 0 saturated carbocycles. The van der Waals surface area contributed by atoms with E-state index < -0.39 is 0 Å². The monoisotopic (exact) mass is 383 g/mol. The first-order chi connectivity index (χ1) is 14.4. The minimum Gasteiger partial charge on any atom is -0.489 e. The molecule has 0 aliphatic heterocycles. The summed E-state index contributed by atoms with van der Waals surface area (Å²) in [5.41, 5.74) is 2.90. The lowest BCUT2D eigenvalue weighted by Crippen LogP contribution is -2.10. The van der Waals surface area contributed by atoms with Gasteiger partial charge in [-0.1, -0.05) is 84.0 Å². The van der Waals surface area contributed by atoms with E-state index in [0.717, 1.165) is 33.2 Å². The zero-order chi connectivity index (χ0) is 19.9. The summed E-state index contributed by atoms with van der Waals surface area (Å²) in [6.07, 6.45) is 1.41. The van der Waals surface area contributed by atoms with Crippen LogP contribution in [0.25, 0.3) is 21.9 Å². The lowest BCUT2D eigenvalue weighted by atomic mass is 10.0. The maximum Gasteiger partial charge on any atom is 0.129 e. The summed E-state index contributed by atoms with van der Waals surface area (Å²) in [7, 11) is 0. The van der Waals surface area contributed by atoms with Gasteiger partial charge >= 0.3 is 0 Å². The van der Waals surface area contributed by atoms with Crippen LogP contribution in [0.5, 0.6) is 11.5 Å². The third kappa shape index (κ3) is 4.22. The molecule has 144 valence electrons. The van der Waals surface area contributed by atoms with Crippen LogP contribution in [-0.2, 0) is 0 Å². The van der Waals surface area contributed by atoms with Crippen molar-refractivity contribution >= 4 is 17.0 Å². The number of hydrogen-bond donors (Lipinski definition) is 1. The van der Waals surface area contributed by atoms with Crippen molar-refractivity contribution in [3.05, 3.63) is 96.6 Å². The van der Waals surface area contributed by atoms with Crippen molar-refractivity contribution < 1.29 is 14.7 Å². The first kappa shape index (κ1) is 18.6. The second kappa shape index (κ2) is 8.93. The van der Waals surface area contributed by atoms with Crippen LogP contribution in [0.4, 0.5) is 0 Å². The number of nitrogens with zero attached hydrogens (tertiary/aromatic N) is 1. The quantitative estimate of drug-likeness (QED) is 0.191. The van der Waals surface area contributed by atoms with Crippen LogP contribution in [0, 0.1) is 0 Å². The number of oxime groups is 1. The summed E-state index contributed by atoms with van der Waals surface area (Å²) in [5, 5.41) is 14.3. The number of fused-ring (bicyclic) bond motifs is 1. The Morgan fingerprint density at radius 1 is 0.690 bits per heavy atom. The van der Waals surface area contributed by atoms with E-state index >= 15 is 0 Å². The summed E-state index contributed by atoms with van der Waals surface area (Å²) in [6, 6.07) is 29.9. The molecular weight excluding hydrogens is 362 g/mol. The first-order valence-corrected chi connectivity index (χ1v) is 9.46. The predicted octanol–water partition coefficient (Wildman–Crippen LogP) is 5.77. The molecule has 0 fully saturated rings. The summed E-state index contributed by atoms with van der Waals surface area (Å²) in [6.45, 7) is 0.764. The largest absolute Gasteiger partial charge is 0.489 e. The van der Waals surface area contributed by atoms with E-state index in [4.69, 9.17) is 14.7 Å². The van der Waals surface area contributed by atoms with Gasteiger partial charge in [-0.15, -0.1) is 0 Å². The molecule has 4 aromatic rings. The standard InChI is InChI=1S/C25H21NO3/c27-26-18-23-21-11-5-4-10-20(21)14-15-25(23)29-17-16-28-24-13-7-6-12-22(24)19-8-2-1-3-9-19/h1-15,18,27H,16-17H2. The van der Waals surface area contributed by atoms with E-state index in [1.807, 2.05) is 78.9 Å². The molecule has 4 rings (SSSR count). The highest BCUT2D eigenvalue weighted by Crippen LogP contribution is 2.30. The lowest BCUT2D eigenvalue weighted by molar-refractivity contribution is 0.217. The fourth-order valence-electron chi connectivity index (χ4n) is 3.34. The van der Waals surface area contributed by atoms with Crippen molar-refractivity contribution in [3.8, 4) is 22.6 Å². The van der Waals surface area contributed by atoms with Gasteiger partial charge in [-0.25, -0.2) is 0 Å². The topological polar surface area (TPSA) is 51.1 Å². The van der Waals surface area contributed by atoms with Gasteiger partial charge in [0.2, 0.25) is 0 Å². The molecular formula is C25H21NO3. The molecule has 0 bridgehead atoms. The number of para-hydroxylation sites is 1. The Hall–Kier alpha value is -3.79. The number of ether oxygens (including phenoxy) is 2. The second-order valence-corrected chi connectivity index (χ2v) is 6.50. The molecule has 0 amide bonds. The van der Waals surface area contributed by atoms with E-state index in [-0.39, 0.29) is 0 Å². The van der Waals surface area contributed by atoms with E-state index in [9.17, 15) is 0 Å². The predicted molar refractivity (Wildman–Crippen MR) is 116 cm³/mol. The third-order valence-electron chi connectivity index (χ3n) is 4.69. The Balaban J connectivity index is 1.47. The maximum absolute atomic E-state index is 9.05. The van der Waals surface area contributed by atoms with Crippen LogP contribution in [0.1, 0.15) is 5.56 Å². The van der Waals surface area contributed by atoms with Crippen LogP contribution in [0.15, 0.2) is 96.2 Å². The van der Waals surface area contributed by atoms with Gasteiger partial charge in [0.15, 0.2) is 0 Å². The van der Waals surface area contributed by atoms with Crippen molar-refractivity contribution in [3.63, 3.8) is 0 Å². The number of rotatable bonds is 7. The van der Waals surface area contributed by atoms with Gasteiger partial charge in [0.05, 0.1) is 6.21 Å². The lowest BCUT2D eigenvalue weighted by Gasteiger charge is -2.14. The molecule has 0 unspecified atom stereocenters. The third-order valence-corrected chi connectivity index (χ3v) is 4.69. The van der Waals surface area contributed by atoms with Gasteiger partial charge in [-0.2, -0.15) is 0 Å². The molecule has 0 heterocycles. The fraction of sp³-hybridized carbons (Fsp3) is 0.0800. The first-order valence-electron chi connectivity index (χ1n) is 9.46. The van der Waals surface area contributed by atoms with Crippen LogP contribution in [-0.4, -0.2) is 24.6 Å². The molecule has 29 heavy (non-hydrogen) atoms. The summed E-state index contributed by atoms with van der Waals surface area (Å²) < 4.78 is 11.9. The van der Waals surface area contributed by atoms with Crippen LogP contribution in [0.2, 0.25) is 0 Å². The zero-order valence-electron chi connectivity index (χ0n) is 15.9. The minimum atomic E-state index is 0.369. The Labute approximate surface area is 169 Å². The SMILES string of the molecule is ON=Cc1c(OCCOc2ccccc2-c2ccccc2)ccc2ccccc12. The van der Waals surface area contributed by atoms with E-state index in [0.29, 0.717) is 19.0 Å². The highest BCUT2D eigenvalue weighted by molar-refractivity contribution is 6.02. The van der Waals surface area contributed by atoms with Gasteiger partial charge in [0.25, 0.3) is 0 Å². The molecule has 0 saturated heterocycles. The van der Waals surface area contributed by atoms with Crippen LogP contribution >= 0.6 is 0 Å².